The van der Waals surface area contributed by atoms with Gasteiger partial charge in [0, 0.05) is 18.6 Å². The molecule has 0 unspecified atom stereocenters. The molecule has 2 amide bonds. The van der Waals surface area contributed by atoms with E-state index in [2.05, 4.69) is 10.6 Å². The van der Waals surface area contributed by atoms with Crippen LogP contribution in [0.4, 0.5) is 4.79 Å². The second-order valence-electron chi connectivity index (χ2n) is 4.03. The van der Waals surface area contributed by atoms with Gasteiger partial charge in [-0.25, -0.2) is 4.79 Å². The van der Waals surface area contributed by atoms with E-state index in [4.69, 9.17) is 10.5 Å². The standard InChI is InChI=1S/C9H21N3O2/c1-9(2,3)12-8(13)11-5-7-14-6-4-10/h4-7,10H2,1-3H3,(H2,11,12,13). The zero-order valence-corrected chi connectivity index (χ0v) is 9.22. The number of nitrogens with two attached hydrogens (primary N) is 1. The number of urea groups is 1. The Morgan fingerprint density at radius 1 is 1.36 bits per heavy atom. The lowest BCUT2D eigenvalue weighted by Gasteiger charge is -2.20. The van der Waals surface area contributed by atoms with Crippen LogP contribution in [0.15, 0.2) is 0 Å². The zero-order valence-electron chi connectivity index (χ0n) is 9.22. The van der Waals surface area contributed by atoms with E-state index in [1.54, 1.807) is 0 Å². The van der Waals surface area contributed by atoms with Gasteiger partial charge >= 0.3 is 6.03 Å². The van der Waals surface area contributed by atoms with E-state index in [0.717, 1.165) is 0 Å². The third-order valence-electron chi connectivity index (χ3n) is 1.28. The van der Waals surface area contributed by atoms with Crippen LogP contribution in [0.3, 0.4) is 0 Å². The lowest BCUT2D eigenvalue weighted by atomic mass is 10.1. The van der Waals surface area contributed by atoms with Crippen molar-refractivity contribution < 1.29 is 9.53 Å². The molecule has 5 heteroatoms. The highest BCUT2D eigenvalue weighted by Gasteiger charge is 2.12. The van der Waals surface area contributed by atoms with E-state index in [1.165, 1.54) is 0 Å². The molecular weight excluding hydrogens is 182 g/mol. The summed E-state index contributed by atoms with van der Waals surface area (Å²) in [6, 6.07) is -0.172. The quantitative estimate of drug-likeness (QED) is 0.553. The topological polar surface area (TPSA) is 76.4 Å². The maximum Gasteiger partial charge on any atom is 0.315 e. The Balaban J connectivity index is 3.36. The first-order valence-electron chi connectivity index (χ1n) is 4.79. The van der Waals surface area contributed by atoms with Crippen molar-refractivity contribution in [3.8, 4) is 0 Å². The molecule has 0 aromatic carbocycles. The summed E-state index contributed by atoms with van der Waals surface area (Å²) in [4.78, 5) is 11.2. The van der Waals surface area contributed by atoms with Crippen molar-refractivity contribution in [2.45, 2.75) is 26.3 Å². The highest BCUT2D eigenvalue weighted by atomic mass is 16.5. The van der Waals surface area contributed by atoms with Gasteiger partial charge in [-0.3, -0.25) is 0 Å². The van der Waals surface area contributed by atoms with E-state index in [-0.39, 0.29) is 11.6 Å². The fraction of sp³-hybridized carbons (Fsp3) is 0.889. The Morgan fingerprint density at radius 2 is 2.00 bits per heavy atom. The van der Waals surface area contributed by atoms with Crippen molar-refractivity contribution in [3.63, 3.8) is 0 Å². The van der Waals surface area contributed by atoms with Crippen molar-refractivity contribution in [1.29, 1.82) is 0 Å². The summed E-state index contributed by atoms with van der Waals surface area (Å²) in [7, 11) is 0. The molecule has 0 aromatic rings. The monoisotopic (exact) mass is 203 g/mol. The predicted octanol–water partition coefficient (Wildman–Crippen LogP) is 0.0594. The van der Waals surface area contributed by atoms with E-state index < -0.39 is 0 Å². The fourth-order valence-electron chi connectivity index (χ4n) is 0.807. The molecular formula is C9H21N3O2. The van der Waals surface area contributed by atoms with Crippen LogP contribution in [0.2, 0.25) is 0 Å². The predicted molar refractivity (Wildman–Crippen MR) is 56.2 cm³/mol. The first-order chi connectivity index (χ1) is 6.45. The molecule has 0 radical (unpaired) electrons. The van der Waals surface area contributed by atoms with Gasteiger partial charge in [0.05, 0.1) is 13.2 Å². The van der Waals surface area contributed by atoms with Crippen molar-refractivity contribution in [3.05, 3.63) is 0 Å². The average Bonchev–Trinajstić information content (AvgIpc) is 2.00. The van der Waals surface area contributed by atoms with E-state index >= 15 is 0 Å². The van der Waals surface area contributed by atoms with Crippen LogP contribution in [0.25, 0.3) is 0 Å². The SMILES string of the molecule is CC(C)(C)NC(=O)NCCOCCN. The Kier molecular flexibility index (Phi) is 6.23. The molecule has 0 atom stereocenters. The molecule has 0 rings (SSSR count). The van der Waals surface area contributed by atoms with Gasteiger partial charge in [-0.15, -0.1) is 0 Å². The summed E-state index contributed by atoms with van der Waals surface area (Å²) in [6.07, 6.45) is 0. The molecule has 0 aliphatic rings. The number of carbonyl (C=O) groups excluding carboxylic acids is 1. The molecule has 0 spiro atoms. The highest BCUT2D eigenvalue weighted by Crippen LogP contribution is 1.96. The zero-order chi connectivity index (χ0) is 11.0. The second-order valence-corrected chi connectivity index (χ2v) is 4.03. The molecule has 0 bridgehead atoms. The van der Waals surface area contributed by atoms with Gasteiger partial charge in [0.25, 0.3) is 0 Å². The van der Waals surface area contributed by atoms with Gasteiger partial charge in [-0.2, -0.15) is 0 Å². The van der Waals surface area contributed by atoms with Gasteiger partial charge in [0.15, 0.2) is 0 Å². The molecule has 0 aliphatic carbocycles. The average molecular weight is 203 g/mol. The molecule has 0 aromatic heterocycles. The van der Waals surface area contributed by atoms with Crippen LogP contribution in [-0.2, 0) is 4.74 Å². The summed E-state index contributed by atoms with van der Waals surface area (Å²) >= 11 is 0. The molecule has 14 heavy (non-hydrogen) atoms. The van der Waals surface area contributed by atoms with E-state index in [9.17, 15) is 4.79 Å². The number of carbonyl (C=O) groups is 1. The molecule has 84 valence electrons. The smallest absolute Gasteiger partial charge is 0.315 e. The lowest BCUT2D eigenvalue weighted by molar-refractivity contribution is 0.143. The van der Waals surface area contributed by atoms with Crippen molar-refractivity contribution in [2.24, 2.45) is 5.73 Å². The lowest BCUT2D eigenvalue weighted by Crippen LogP contribution is -2.47. The van der Waals surface area contributed by atoms with Crippen LogP contribution < -0.4 is 16.4 Å². The minimum absolute atomic E-state index is 0.172. The molecule has 0 saturated carbocycles. The minimum Gasteiger partial charge on any atom is -0.378 e. The maximum atomic E-state index is 11.2. The normalized spacial score (nSPS) is 11.1. The van der Waals surface area contributed by atoms with Gasteiger partial charge in [-0.1, -0.05) is 0 Å². The Hall–Kier alpha value is -0.810. The summed E-state index contributed by atoms with van der Waals surface area (Å²) in [6.45, 7) is 7.82. The first-order valence-corrected chi connectivity index (χ1v) is 4.79. The van der Waals surface area contributed by atoms with Crippen LogP contribution >= 0.6 is 0 Å². The molecule has 0 aliphatic heterocycles. The third-order valence-corrected chi connectivity index (χ3v) is 1.28. The largest absolute Gasteiger partial charge is 0.378 e. The van der Waals surface area contributed by atoms with Gasteiger partial charge in [0.1, 0.15) is 0 Å². The second kappa shape index (κ2) is 6.62. The Labute approximate surface area is 85.4 Å². The maximum absolute atomic E-state index is 11.2. The van der Waals surface area contributed by atoms with Gasteiger partial charge in [0.2, 0.25) is 0 Å². The first kappa shape index (κ1) is 13.2. The summed E-state index contributed by atoms with van der Waals surface area (Å²) in [5.41, 5.74) is 5.02. The van der Waals surface area contributed by atoms with Crippen molar-refractivity contribution in [2.75, 3.05) is 26.3 Å². The molecule has 4 N–H and O–H groups in total. The van der Waals surface area contributed by atoms with Gasteiger partial charge in [-0.05, 0) is 20.8 Å². The number of nitrogens with one attached hydrogen (secondary N) is 2. The molecule has 0 saturated heterocycles. The fourth-order valence-corrected chi connectivity index (χ4v) is 0.807. The summed E-state index contributed by atoms with van der Waals surface area (Å²) < 4.78 is 5.10. The van der Waals surface area contributed by atoms with Gasteiger partial charge < -0.3 is 21.1 Å². The van der Waals surface area contributed by atoms with Crippen LogP contribution in [0.5, 0.6) is 0 Å². The van der Waals surface area contributed by atoms with E-state index in [1.807, 2.05) is 20.8 Å². The molecule has 0 fully saturated rings. The Bertz CT molecular complexity index is 166. The molecule has 0 heterocycles. The van der Waals surface area contributed by atoms with Crippen molar-refractivity contribution >= 4 is 6.03 Å². The molecule has 5 nitrogen and oxygen atoms in total. The summed E-state index contributed by atoms with van der Waals surface area (Å²) in [5.74, 6) is 0. The number of amides is 2. The highest BCUT2D eigenvalue weighted by molar-refractivity contribution is 5.74. The third kappa shape index (κ3) is 9.28. The van der Waals surface area contributed by atoms with Crippen LogP contribution in [0, 0.1) is 0 Å². The number of rotatable bonds is 5. The van der Waals surface area contributed by atoms with Crippen LogP contribution in [0.1, 0.15) is 20.8 Å². The summed E-state index contributed by atoms with van der Waals surface area (Å²) in [5, 5.41) is 5.46. The van der Waals surface area contributed by atoms with Crippen molar-refractivity contribution in [1.82, 2.24) is 10.6 Å². The number of hydrogen-bond donors (Lipinski definition) is 3. The minimum atomic E-state index is -0.206. The number of ether oxygens (including phenoxy) is 1. The Morgan fingerprint density at radius 3 is 2.50 bits per heavy atom. The van der Waals surface area contributed by atoms with Crippen LogP contribution in [-0.4, -0.2) is 37.9 Å². The number of hydrogen-bond acceptors (Lipinski definition) is 3. The van der Waals surface area contributed by atoms with E-state index in [0.29, 0.717) is 26.3 Å².